The number of halogens is 2. The average Bonchev–Trinajstić information content (AvgIpc) is 3.21. The molecule has 2 aromatic carbocycles. The highest BCUT2D eigenvalue weighted by Gasteiger charge is 2.30. The summed E-state index contributed by atoms with van der Waals surface area (Å²) in [6, 6.07) is 11.1. The van der Waals surface area contributed by atoms with Crippen molar-refractivity contribution in [3.63, 3.8) is 0 Å². The number of hydrogen-bond acceptors (Lipinski definition) is 5. The van der Waals surface area contributed by atoms with Crippen molar-refractivity contribution in [1.82, 2.24) is 18.9 Å². The minimum Gasteiger partial charge on any atom is -0.282 e. The van der Waals surface area contributed by atoms with Gasteiger partial charge in [0.15, 0.2) is 0 Å². The minimum absolute atomic E-state index is 0.00225. The molecule has 9 nitrogen and oxygen atoms in total. The molecule has 0 bridgehead atoms. The minimum atomic E-state index is -1.20. The van der Waals surface area contributed by atoms with Crippen LogP contribution in [-0.4, -0.2) is 23.8 Å². The molecule has 2 aromatic heterocycles. The molecule has 11 heteroatoms. The first-order valence-electron chi connectivity index (χ1n) is 9.75. The Balaban J connectivity index is 2.04. The van der Waals surface area contributed by atoms with Gasteiger partial charge in [0.2, 0.25) is 0 Å². The van der Waals surface area contributed by atoms with Gasteiger partial charge >= 0.3 is 16.9 Å². The number of aryl methyl sites for hydroxylation is 1. The molecule has 0 amide bonds. The molecule has 0 spiro atoms. The van der Waals surface area contributed by atoms with E-state index in [1.807, 2.05) is 0 Å². The molecule has 33 heavy (non-hydrogen) atoms. The Kier molecular flexibility index (Phi) is 5.69. The highest BCUT2D eigenvalue weighted by atomic mass is 19.1. The second kappa shape index (κ2) is 8.61. The fourth-order valence-corrected chi connectivity index (χ4v) is 3.57. The van der Waals surface area contributed by atoms with Gasteiger partial charge in [-0.1, -0.05) is 36.4 Å². The summed E-state index contributed by atoms with van der Waals surface area (Å²) in [5.41, 5.74) is -3.14. The van der Waals surface area contributed by atoms with E-state index in [-0.39, 0.29) is 22.4 Å². The van der Waals surface area contributed by atoms with Crippen LogP contribution in [0.2, 0.25) is 0 Å². The summed E-state index contributed by atoms with van der Waals surface area (Å²) >= 11 is 0. The summed E-state index contributed by atoms with van der Waals surface area (Å²) in [6.45, 7) is -0.927. The van der Waals surface area contributed by atoms with Gasteiger partial charge in [-0.3, -0.25) is 24.2 Å². The van der Waals surface area contributed by atoms with Crippen molar-refractivity contribution < 1.29 is 13.7 Å². The Morgan fingerprint density at radius 2 is 1.48 bits per heavy atom. The molecule has 0 fully saturated rings. The summed E-state index contributed by atoms with van der Waals surface area (Å²) in [7, 11) is 1.56. The Bertz CT molecular complexity index is 1490. The van der Waals surface area contributed by atoms with Crippen molar-refractivity contribution in [2.45, 2.75) is 13.1 Å². The largest absolute Gasteiger partial charge is 0.358 e. The maximum absolute atomic E-state index is 14.4. The predicted octanol–water partition coefficient (Wildman–Crippen LogP) is 2.69. The van der Waals surface area contributed by atoms with Crippen LogP contribution in [0, 0.1) is 21.7 Å². The summed E-state index contributed by atoms with van der Waals surface area (Å²) in [5.74, 6) is -1.31. The van der Waals surface area contributed by atoms with Crippen molar-refractivity contribution >= 4 is 5.69 Å². The van der Waals surface area contributed by atoms with E-state index in [4.69, 9.17) is 0 Å². The molecule has 0 aliphatic heterocycles. The molecule has 4 aromatic rings. The summed E-state index contributed by atoms with van der Waals surface area (Å²) < 4.78 is 31.5. The maximum atomic E-state index is 14.4. The van der Waals surface area contributed by atoms with Crippen LogP contribution < -0.4 is 11.2 Å². The number of aromatic nitrogens is 4. The molecule has 0 saturated carbocycles. The van der Waals surface area contributed by atoms with Gasteiger partial charge in [-0.05, 0) is 12.1 Å². The monoisotopic (exact) mass is 453 g/mol. The molecule has 0 saturated heterocycles. The zero-order chi connectivity index (χ0) is 23.7. The Morgan fingerprint density at radius 3 is 1.97 bits per heavy atom. The first-order chi connectivity index (χ1) is 15.8. The zero-order valence-electron chi connectivity index (χ0n) is 17.3. The van der Waals surface area contributed by atoms with Gasteiger partial charge in [0.25, 0.3) is 0 Å². The van der Waals surface area contributed by atoms with Gasteiger partial charge in [0.05, 0.1) is 24.2 Å². The fourth-order valence-electron chi connectivity index (χ4n) is 3.57. The molecule has 0 aliphatic rings. The first-order valence-corrected chi connectivity index (χ1v) is 9.75. The Labute approximate surface area is 184 Å². The Hall–Kier alpha value is -4.41. The Morgan fingerprint density at radius 1 is 0.939 bits per heavy atom. The third-order valence-electron chi connectivity index (χ3n) is 5.14. The molecule has 0 aliphatic carbocycles. The standard InChI is InChI=1S/C22H17F2N5O4/c1-26-11-16(10-25-26)19-20(29(32)33)21(30)28(13-15-7-3-5-9-18(15)24)22(31)27(19)12-14-6-2-4-8-17(14)23/h2-11H,12-13H2,1H3. The van der Waals surface area contributed by atoms with Crippen LogP contribution in [0.25, 0.3) is 11.3 Å². The number of nitrogens with zero attached hydrogens (tertiary/aromatic N) is 5. The molecule has 168 valence electrons. The molecule has 2 heterocycles. The smallest absolute Gasteiger partial charge is 0.282 e. The average molecular weight is 453 g/mol. The van der Waals surface area contributed by atoms with Crippen molar-refractivity contribution in [3.05, 3.63) is 115 Å². The van der Waals surface area contributed by atoms with Crippen LogP contribution >= 0.6 is 0 Å². The molecular weight excluding hydrogens is 436 g/mol. The first kappa shape index (κ1) is 21.8. The SMILES string of the molecule is Cn1cc(-c2c([N+](=O)[O-])c(=O)n(Cc3ccccc3F)c(=O)n2Cc2ccccc2F)cn1. The lowest BCUT2D eigenvalue weighted by molar-refractivity contribution is -0.386. The van der Waals surface area contributed by atoms with Crippen molar-refractivity contribution in [2.75, 3.05) is 0 Å². The molecule has 0 unspecified atom stereocenters. The third-order valence-corrected chi connectivity index (χ3v) is 5.14. The van der Waals surface area contributed by atoms with Gasteiger partial charge in [0, 0.05) is 29.9 Å². The van der Waals surface area contributed by atoms with Crippen LogP contribution in [0.15, 0.2) is 70.5 Å². The normalized spacial score (nSPS) is 11.0. The number of rotatable bonds is 6. The maximum Gasteiger partial charge on any atom is 0.358 e. The molecule has 0 radical (unpaired) electrons. The highest BCUT2D eigenvalue weighted by Crippen LogP contribution is 2.26. The van der Waals surface area contributed by atoms with Crippen LogP contribution in [0.4, 0.5) is 14.5 Å². The predicted molar refractivity (Wildman–Crippen MR) is 115 cm³/mol. The molecule has 4 rings (SSSR count). The van der Waals surface area contributed by atoms with E-state index in [1.54, 1.807) is 13.1 Å². The second-order valence-corrected chi connectivity index (χ2v) is 7.30. The third kappa shape index (κ3) is 4.07. The van der Waals surface area contributed by atoms with E-state index in [9.17, 15) is 28.5 Å². The van der Waals surface area contributed by atoms with E-state index in [0.29, 0.717) is 4.57 Å². The van der Waals surface area contributed by atoms with E-state index >= 15 is 0 Å². The van der Waals surface area contributed by atoms with Gasteiger partial charge in [-0.2, -0.15) is 5.10 Å². The van der Waals surface area contributed by atoms with Gasteiger partial charge < -0.3 is 0 Å². The summed E-state index contributed by atoms with van der Waals surface area (Å²) in [5, 5.41) is 15.9. The van der Waals surface area contributed by atoms with Crippen molar-refractivity contribution in [3.8, 4) is 11.3 Å². The van der Waals surface area contributed by atoms with Crippen molar-refractivity contribution in [2.24, 2.45) is 7.05 Å². The van der Waals surface area contributed by atoms with Crippen LogP contribution in [0.1, 0.15) is 11.1 Å². The van der Waals surface area contributed by atoms with Crippen LogP contribution in [-0.2, 0) is 20.1 Å². The molecule has 0 atom stereocenters. The van der Waals surface area contributed by atoms with Gasteiger partial charge in [0.1, 0.15) is 17.3 Å². The van der Waals surface area contributed by atoms with E-state index in [2.05, 4.69) is 5.10 Å². The van der Waals surface area contributed by atoms with E-state index in [1.165, 1.54) is 53.5 Å². The number of benzene rings is 2. The number of nitro groups is 1. The fraction of sp³-hybridized carbons (Fsp3) is 0.136. The van der Waals surface area contributed by atoms with Gasteiger partial charge in [-0.15, -0.1) is 0 Å². The quantitative estimate of drug-likeness (QED) is 0.330. The lowest BCUT2D eigenvalue weighted by Crippen LogP contribution is -2.42. The topological polar surface area (TPSA) is 105 Å². The van der Waals surface area contributed by atoms with Crippen LogP contribution in [0.3, 0.4) is 0 Å². The summed E-state index contributed by atoms with van der Waals surface area (Å²) in [4.78, 5) is 37.6. The molecular formula is C22H17F2N5O4. The lowest BCUT2D eigenvalue weighted by atomic mass is 10.1. The lowest BCUT2D eigenvalue weighted by Gasteiger charge is -2.16. The van der Waals surface area contributed by atoms with E-state index in [0.717, 1.165) is 10.6 Å². The van der Waals surface area contributed by atoms with E-state index < -0.39 is 46.6 Å². The number of hydrogen-bond donors (Lipinski definition) is 0. The molecule has 0 N–H and O–H groups in total. The van der Waals surface area contributed by atoms with Gasteiger partial charge in [-0.25, -0.2) is 18.1 Å². The second-order valence-electron chi connectivity index (χ2n) is 7.30. The van der Waals surface area contributed by atoms with Crippen molar-refractivity contribution in [1.29, 1.82) is 0 Å². The highest BCUT2D eigenvalue weighted by molar-refractivity contribution is 5.68. The summed E-state index contributed by atoms with van der Waals surface area (Å²) in [6.07, 6.45) is 2.67. The zero-order valence-corrected chi connectivity index (χ0v) is 17.3. The van der Waals surface area contributed by atoms with Crippen LogP contribution in [0.5, 0.6) is 0 Å².